The topological polar surface area (TPSA) is 59.2 Å². The number of carbonyl (C=O) groups excluding carboxylic acids is 1. The largest absolute Gasteiger partial charge is 0.333 e. The third-order valence-electron chi connectivity index (χ3n) is 4.23. The lowest BCUT2D eigenvalue weighted by Gasteiger charge is -2.37. The number of carbonyl (C=O) groups is 1. The highest BCUT2D eigenvalue weighted by atomic mass is 35.5. The average Bonchev–Trinajstić information content (AvgIpc) is 3.04. The summed E-state index contributed by atoms with van der Waals surface area (Å²) in [6.45, 7) is 2.68. The fraction of sp³-hybridized carbons (Fsp3) is 0.412. The molecule has 0 saturated carbocycles. The van der Waals surface area contributed by atoms with E-state index in [1.165, 1.54) is 23.5 Å². The van der Waals surface area contributed by atoms with Crippen molar-refractivity contribution in [1.29, 1.82) is 0 Å². The van der Waals surface area contributed by atoms with Crippen molar-refractivity contribution >= 4 is 42.1 Å². The molecule has 1 amide bonds. The minimum Gasteiger partial charge on any atom is -0.333 e. The first-order valence-electron chi connectivity index (χ1n) is 7.84. The number of rotatable bonds is 3. The fourth-order valence-corrected chi connectivity index (χ4v) is 3.80. The number of halogens is 3. The normalized spacial score (nSPS) is 18.0. The molecule has 1 aliphatic heterocycles. The van der Waals surface area contributed by atoms with Crippen molar-refractivity contribution in [3.63, 3.8) is 0 Å². The Morgan fingerprint density at radius 1 is 1.32 bits per heavy atom. The van der Waals surface area contributed by atoms with E-state index in [1.807, 2.05) is 11.8 Å². The second-order valence-electron chi connectivity index (χ2n) is 5.97. The summed E-state index contributed by atoms with van der Waals surface area (Å²) in [5.41, 5.74) is 7.30. The molecule has 8 heteroatoms. The molecule has 0 spiro atoms. The highest BCUT2D eigenvalue weighted by Gasteiger charge is 2.30. The van der Waals surface area contributed by atoms with Crippen molar-refractivity contribution in [2.24, 2.45) is 5.73 Å². The molecule has 2 aromatic rings. The molecule has 0 radical (unpaired) electrons. The molecule has 3 rings (SSSR count). The number of likely N-dealkylation sites (tertiary alicyclic amines) is 1. The third kappa shape index (κ3) is 4.91. The van der Waals surface area contributed by atoms with Gasteiger partial charge in [0, 0.05) is 29.6 Å². The third-order valence-corrected chi connectivity index (χ3v) is 5.12. The number of nitrogens with zero attached hydrogens (tertiary/aromatic N) is 2. The maximum Gasteiger partial charge on any atom is 0.273 e. The molecule has 0 aliphatic carbocycles. The van der Waals surface area contributed by atoms with Gasteiger partial charge in [0.2, 0.25) is 0 Å². The molecule has 2 heterocycles. The van der Waals surface area contributed by atoms with E-state index in [0.29, 0.717) is 5.69 Å². The predicted octanol–water partition coefficient (Wildman–Crippen LogP) is 4.13. The molecule has 1 aliphatic rings. The Labute approximate surface area is 163 Å². The van der Waals surface area contributed by atoms with Crippen molar-refractivity contribution in [1.82, 2.24) is 9.88 Å². The van der Waals surface area contributed by atoms with E-state index in [4.69, 9.17) is 5.73 Å². The Balaban J connectivity index is 0.00000156. The first-order valence-corrected chi connectivity index (χ1v) is 8.72. The molecule has 138 valence electrons. The summed E-state index contributed by atoms with van der Waals surface area (Å²) in [4.78, 5) is 19.1. The van der Waals surface area contributed by atoms with Crippen LogP contribution in [0.5, 0.6) is 0 Å². The predicted molar refractivity (Wildman–Crippen MR) is 104 cm³/mol. The molecule has 4 nitrogen and oxygen atoms in total. The number of hydrogen-bond acceptors (Lipinski definition) is 4. The van der Waals surface area contributed by atoms with Crippen molar-refractivity contribution in [3.05, 3.63) is 41.2 Å². The van der Waals surface area contributed by atoms with Crippen LogP contribution >= 0.6 is 36.2 Å². The zero-order valence-corrected chi connectivity index (χ0v) is 16.3. The van der Waals surface area contributed by atoms with Crippen LogP contribution in [-0.2, 0) is 0 Å². The summed E-state index contributed by atoms with van der Waals surface area (Å²) in [7, 11) is 0. The van der Waals surface area contributed by atoms with Crippen LogP contribution in [0.25, 0.3) is 10.6 Å². The van der Waals surface area contributed by atoms with Crippen molar-refractivity contribution in [2.75, 3.05) is 6.54 Å². The van der Waals surface area contributed by atoms with Crippen LogP contribution in [0.4, 0.5) is 4.39 Å². The number of amides is 1. The summed E-state index contributed by atoms with van der Waals surface area (Å²) in [5, 5.41) is 2.50. The molecule has 1 aromatic carbocycles. The van der Waals surface area contributed by atoms with E-state index >= 15 is 0 Å². The van der Waals surface area contributed by atoms with Crippen LogP contribution in [0.3, 0.4) is 0 Å². The van der Waals surface area contributed by atoms with Gasteiger partial charge in [-0.3, -0.25) is 4.79 Å². The maximum atomic E-state index is 13.0. The fourth-order valence-electron chi connectivity index (χ4n) is 3.00. The van der Waals surface area contributed by atoms with Crippen LogP contribution in [0.15, 0.2) is 29.6 Å². The molecule has 1 aromatic heterocycles. The Bertz CT molecular complexity index is 693. The van der Waals surface area contributed by atoms with Gasteiger partial charge in [-0.05, 0) is 50.5 Å². The summed E-state index contributed by atoms with van der Waals surface area (Å²) in [5.74, 6) is -0.341. The lowest BCUT2D eigenvalue weighted by molar-refractivity contribution is 0.0578. The van der Waals surface area contributed by atoms with Gasteiger partial charge in [-0.15, -0.1) is 36.2 Å². The van der Waals surface area contributed by atoms with Gasteiger partial charge in [0.05, 0.1) is 0 Å². The number of piperidine rings is 1. The second-order valence-corrected chi connectivity index (χ2v) is 6.82. The minimum atomic E-state index is -0.283. The zero-order chi connectivity index (χ0) is 16.4. The van der Waals surface area contributed by atoms with E-state index in [1.54, 1.807) is 17.5 Å². The SMILES string of the molecule is CC(N)C1CCCCN1C(=O)c1csc(-c2ccc(F)cc2)n1.Cl.Cl. The van der Waals surface area contributed by atoms with Crippen LogP contribution in [-0.4, -0.2) is 34.4 Å². The van der Waals surface area contributed by atoms with E-state index in [0.717, 1.165) is 36.4 Å². The number of thiazole rings is 1. The molecule has 2 unspecified atom stereocenters. The van der Waals surface area contributed by atoms with Gasteiger partial charge in [-0.25, -0.2) is 9.37 Å². The number of nitrogens with two attached hydrogens (primary N) is 1. The Morgan fingerprint density at radius 3 is 2.64 bits per heavy atom. The molecule has 1 fully saturated rings. The summed E-state index contributed by atoms with van der Waals surface area (Å²) < 4.78 is 13.0. The Morgan fingerprint density at radius 2 is 2.00 bits per heavy atom. The molecule has 25 heavy (non-hydrogen) atoms. The van der Waals surface area contributed by atoms with Gasteiger partial charge in [-0.2, -0.15) is 0 Å². The van der Waals surface area contributed by atoms with Gasteiger partial charge >= 0.3 is 0 Å². The van der Waals surface area contributed by atoms with Crippen molar-refractivity contribution in [2.45, 2.75) is 38.3 Å². The van der Waals surface area contributed by atoms with E-state index in [-0.39, 0.29) is 48.6 Å². The second kappa shape index (κ2) is 9.48. The first kappa shape index (κ1) is 21.8. The molecule has 2 atom stereocenters. The van der Waals surface area contributed by atoms with Crippen molar-refractivity contribution in [3.8, 4) is 10.6 Å². The average molecular weight is 406 g/mol. The Hall–Kier alpha value is -1.21. The molecule has 0 bridgehead atoms. The van der Waals surface area contributed by atoms with Crippen LogP contribution in [0.1, 0.15) is 36.7 Å². The standard InChI is InChI=1S/C17H20FN3OS.2ClH/c1-11(19)15-4-2-3-9-21(15)17(22)14-10-23-16(20-14)12-5-7-13(18)8-6-12;;/h5-8,10-11,15H,2-4,9,19H2,1H3;2*1H. The van der Waals surface area contributed by atoms with Gasteiger partial charge in [0.25, 0.3) is 5.91 Å². The maximum absolute atomic E-state index is 13.0. The van der Waals surface area contributed by atoms with Gasteiger partial charge in [0.15, 0.2) is 0 Å². The van der Waals surface area contributed by atoms with Gasteiger partial charge in [-0.1, -0.05) is 0 Å². The van der Waals surface area contributed by atoms with Gasteiger partial charge in [0.1, 0.15) is 16.5 Å². The van der Waals surface area contributed by atoms with E-state index < -0.39 is 0 Å². The quantitative estimate of drug-likeness (QED) is 0.834. The zero-order valence-electron chi connectivity index (χ0n) is 13.9. The monoisotopic (exact) mass is 405 g/mol. The molecule has 1 saturated heterocycles. The van der Waals surface area contributed by atoms with Crippen LogP contribution in [0.2, 0.25) is 0 Å². The van der Waals surface area contributed by atoms with E-state index in [2.05, 4.69) is 4.98 Å². The number of benzene rings is 1. The van der Waals surface area contributed by atoms with Crippen molar-refractivity contribution < 1.29 is 9.18 Å². The summed E-state index contributed by atoms with van der Waals surface area (Å²) in [6.07, 6.45) is 3.05. The summed E-state index contributed by atoms with van der Waals surface area (Å²) in [6, 6.07) is 6.17. The minimum absolute atomic E-state index is 0. The Kier molecular flexibility index (Phi) is 8.28. The number of aromatic nitrogens is 1. The molecular formula is C17H22Cl2FN3OS. The van der Waals surface area contributed by atoms with Crippen LogP contribution in [0, 0.1) is 5.82 Å². The lowest BCUT2D eigenvalue weighted by atomic mass is 9.96. The van der Waals surface area contributed by atoms with Crippen LogP contribution < -0.4 is 5.73 Å². The molecule has 2 N–H and O–H groups in total. The van der Waals surface area contributed by atoms with Gasteiger partial charge < -0.3 is 10.6 Å². The number of hydrogen-bond donors (Lipinski definition) is 1. The molecular weight excluding hydrogens is 384 g/mol. The first-order chi connectivity index (χ1) is 11.1. The van der Waals surface area contributed by atoms with E-state index in [9.17, 15) is 9.18 Å². The smallest absolute Gasteiger partial charge is 0.273 e. The highest BCUT2D eigenvalue weighted by Crippen LogP contribution is 2.26. The lowest BCUT2D eigenvalue weighted by Crippen LogP contribution is -2.51. The summed E-state index contributed by atoms with van der Waals surface area (Å²) >= 11 is 1.40. The highest BCUT2D eigenvalue weighted by molar-refractivity contribution is 7.13.